The van der Waals surface area contributed by atoms with Crippen molar-refractivity contribution in [1.29, 1.82) is 0 Å². The van der Waals surface area contributed by atoms with Crippen LogP contribution in [0.2, 0.25) is 0 Å². The van der Waals surface area contributed by atoms with Gasteiger partial charge < -0.3 is 19.7 Å². The predicted octanol–water partition coefficient (Wildman–Crippen LogP) is 4.18. The molecule has 0 aliphatic heterocycles. The van der Waals surface area contributed by atoms with Gasteiger partial charge >= 0.3 is 0 Å². The molecule has 0 atom stereocenters. The van der Waals surface area contributed by atoms with E-state index < -0.39 is 0 Å². The molecule has 3 aromatic rings. The molecule has 0 aliphatic rings. The average Bonchev–Trinajstić information content (AvgIpc) is 3.04. The molecule has 0 spiro atoms. The fraction of sp³-hybridized carbons (Fsp3) is 0.238. The first-order chi connectivity index (χ1) is 13.4. The van der Waals surface area contributed by atoms with E-state index in [-0.39, 0.29) is 11.8 Å². The van der Waals surface area contributed by atoms with E-state index in [1.54, 1.807) is 26.2 Å². The third-order valence-corrected chi connectivity index (χ3v) is 5.73. The molecule has 0 aliphatic carbocycles. The Balaban J connectivity index is 2.05. The van der Waals surface area contributed by atoms with Gasteiger partial charge in [-0.1, -0.05) is 18.2 Å². The van der Waals surface area contributed by atoms with Crippen LogP contribution in [0.25, 0.3) is 10.1 Å². The summed E-state index contributed by atoms with van der Waals surface area (Å²) in [6.45, 7) is 1.92. The van der Waals surface area contributed by atoms with Gasteiger partial charge in [-0.15, -0.1) is 11.3 Å². The summed E-state index contributed by atoms with van der Waals surface area (Å²) in [5, 5.41) is 3.93. The van der Waals surface area contributed by atoms with Crippen molar-refractivity contribution in [3.63, 3.8) is 0 Å². The zero-order valence-corrected chi connectivity index (χ0v) is 17.3. The van der Waals surface area contributed by atoms with Crippen molar-refractivity contribution in [3.05, 3.63) is 52.4 Å². The van der Waals surface area contributed by atoms with Crippen molar-refractivity contribution in [2.75, 3.05) is 33.6 Å². The third-order valence-electron chi connectivity index (χ3n) is 4.46. The maximum atomic E-state index is 13.0. The number of hydrogen-bond donors (Lipinski definition) is 1. The Kier molecular flexibility index (Phi) is 5.56. The minimum absolute atomic E-state index is 0.246. The van der Waals surface area contributed by atoms with Gasteiger partial charge in [0.05, 0.1) is 30.3 Å². The molecule has 6 nitrogen and oxygen atoms in total. The van der Waals surface area contributed by atoms with Crippen LogP contribution < -0.4 is 14.8 Å². The van der Waals surface area contributed by atoms with Crippen LogP contribution in [0.4, 0.5) is 5.69 Å². The van der Waals surface area contributed by atoms with Gasteiger partial charge in [-0.05, 0) is 30.0 Å². The number of carbonyl (C=O) groups excluding carboxylic acids is 2. The summed E-state index contributed by atoms with van der Waals surface area (Å²) < 4.78 is 11.7. The summed E-state index contributed by atoms with van der Waals surface area (Å²) in [6, 6.07) is 11.1. The quantitative estimate of drug-likeness (QED) is 0.700. The Labute approximate surface area is 167 Å². The molecule has 28 heavy (non-hydrogen) atoms. The van der Waals surface area contributed by atoms with E-state index >= 15 is 0 Å². The average molecular weight is 398 g/mol. The summed E-state index contributed by atoms with van der Waals surface area (Å²) >= 11 is 1.43. The molecule has 1 heterocycles. The lowest BCUT2D eigenvalue weighted by atomic mass is 10.1. The van der Waals surface area contributed by atoms with Gasteiger partial charge in [0.15, 0.2) is 11.5 Å². The predicted molar refractivity (Wildman–Crippen MR) is 112 cm³/mol. The number of carbonyl (C=O) groups is 2. The van der Waals surface area contributed by atoms with Crippen molar-refractivity contribution in [3.8, 4) is 11.5 Å². The second-order valence-corrected chi connectivity index (χ2v) is 7.51. The first-order valence-corrected chi connectivity index (χ1v) is 9.46. The molecule has 0 radical (unpaired) electrons. The summed E-state index contributed by atoms with van der Waals surface area (Å²) in [7, 11) is 6.31. The summed E-state index contributed by atoms with van der Waals surface area (Å²) in [5.74, 6) is 0.341. The lowest BCUT2D eigenvalue weighted by Crippen LogP contribution is -2.24. The molecule has 0 unspecified atom stereocenters. The highest BCUT2D eigenvalue weighted by atomic mass is 32.1. The minimum atomic E-state index is -0.265. The van der Waals surface area contributed by atoms with Crippen LogP contribution in [-0.2, 0) is 0 Å². The first kappa shape index (κ1) is 19.7. The molecule has 0 bridgehead atoms. The second kappa shape index (κ2) is 7.90. The van der Waals surface area contributed by atoms with Crippen LogP contribution >= 0.6 is 11.3 Å². The largest absolute Gasteiger partial charge is 0.493 e. The maximum absolute atomic E-state index is 13.0. The number of thiophene rings is 1. The summed E-state index contributed by atoms with van der Waals surface area (Å²) in [6.07, 6.45) is 0. The lowest BCUT2D eigenvalue weighted by molar-refractivity contribution is 0.0828. The number of methoxy groups -OCH3 is 2. The van der Waals surface area contributed by atoms with Crippen LogP contribution in [0.1, 0.15) is 25.6 Å². The van der Waals surface area contributed by atoms with Crippen molar-refractivity contribution in [2.45, 2.75) is 6.92 Å². The van der Waals surface area contributed by atoms with E-state index in [9.17, 15) is 9.59 Å². The van der Waals surface area contributed by atoms with Gasteiger partial charge in [0, 0.05) is 24.9 Å². The molecule has 1 N–H and O–H groups in total. The number of fused-ring (bicyclic) bond motifs is 1. The Morgan fingerprint density at radius 3 is 2.29 bits per heavy atom. The van der Waals surface area contributed by atoms with Crippen molar-refractivity contribution in [2.24, 2.45) is 0 Å². The number of hydrogen-bond acceptors (Lipinski definition) is 5. The Hall–Kier alpha value is -3.06. The summed E-state index contributed by atoms with van der Waals surface area (Å²) in [4.78, 5) is 27.7. The number of amides is 2. The van der Waals surface area contributed by atoms with Gasteiger partial charge in [0.25, 0.3) is 11.8 Å². The standard InChI is InChI=1S/C21H22N2O4S/c1-12-13-8-6-7-9-18(13)28-19(12)20(24)22-15-11-17(27-5)16(26-4)10-14(15)21(25)23(2)3/h6-11H,1-5H3,(H,22,24). The first-order valence-electron chi connectivity index (χ1n) is 8.64. The molecule has 146 valence electrons. The van der Waals surface area contributed by atoms with E-state index in [1.807, 2.05) is 31.2 Å². The zero-order valence-electron chi connectivity index (χ0n) is 16.5. The minimum Gasteiger partial charge on any atom is -0.493 e. The molecule has 1 aromatic heterocycles. The molecule has 0 saturated heterocycles. The maximum Gasteiger partial charge on any atom is 0.266 e. The molecule has 0 saturated carbocycles. The fourth-order valence-corrected chi connectivity index (χ4v) is 4.07. The van der Waals surface area contributed by atoms with E-state index in [2.05, 4.69) is 5.32 Å². The number of rotatable bonds is 5. The van der Waals surface area contributed by atoms with Gasteiger partial charge in [-0.2, -0.15) is 0 Å². The number of benzene rings is 2. The van der Waals surface area contributed by atoms with Crippen molar-refractivity contribution in [1.82, 2.24) is 4.90 Å². The summed E-state index contributed by atoms with van der Waals surface area (Å²) in [5.41, 5.74) is 1.62. The van der Waals surface area contributed by atoms with Crippen LogP contribution in [-0.4, -0.2) is 45.0 Å². The van der Waals surface area contributed by atoms with Gasteiger partial charge in [0.1, 0.15) is 0 Å². The highest BCUT2D eigenvalue weighted by Gasteiger charge is 2.22. The zero-order chi connectivity index (χ0) is 20.4. The van der Waals surface area contributed by atoms with Gasteiger partial charge in [-0.25, -0.2) is 0 Å². The van der Waals surface area contributed by atoms with E-state index in [0.717, 1.165) is 15.6 Å². The second-order valence-electron chi connectivity index (χ2n) is 6.46. The van der Waals surface area contributed by atoms with Crippen LogP contribution in [0.3, 0.4) is 0 Å². The number of anilines is 1. The normalized spacial score (nSPS) is 10.6. The smallest absolute Gasteiger partial charge is 0.266 e. The highest BCUT2D eigenvalue weighted by Crippen LogP contribution is 2.35. The topological polar surface area (TPSA) is 67.9 Å². The molecule has 0 fully saturated rings. The Morgan fingerprint density at radius 2 is 1.68 bits per heavy atom. The molecule has 3 rings (SSSR count). The number of nitrogens with zero attached hydrogens (tertiary/aromatic N) is 1. The van der Waals surface area contributed by atoms with Crippen LogP contribution in [0, 0.1) is 6.92 Å². The van der Waals surface area contributed by atoms with Crippen molar-refractivity contribution >= 4 is 38.9 Å². The third kappa shape index (κ3) is 3.53. The lowest BCUT2D eigenvalue weighted by Gasteiger charge is -2.17. The van der Waals surface area contributed by atoms with Gasteiger partial charge in [0.2, 0.25) is 0 Å². The molecule has 7 heteroatoms. The van der Waals surface area contributed by atoms with Gasteiger partial charge in [-0.3, -0.25) is 9.59 Å². The highest BCUT2D eigenvalue weighted by molar-refractivity contribution is 7.21. The molecule has 2 aromatic carbocycles. The van der Waals surface area contributed by atoms with Crippen LogP contribution in [0.5, 0.6) is 11.5 Å². The SMILES string of the molecule is COc1cc(NC(=O)c2sc3ccccc3c2C)c(C(=O)N(C)C)cc1OC. The van der Waals surface area contributed by atoms with Crippen molar-refractivity contribution < 1.29 is 19.1 Å². The molecular weight excluding hydrogens is 376 g/mol. The van der Waals surface area contributed by atoms with Crippen LogP contribution in [0.15, 0.2) is 36.4 Å². The molecular formula is C21H22N2O4S. The van der Waals surface area contributed by atoms with E-state index in [0.29, 0.717) is 27.6 Å². The number of nitrogens with one attached hydrogen (secondary N) is 1. The number of ether oxygens (including phenoxy) is 2. The fourth-order valence-electron chi connectivity index (χ4n) is 2.97. The Morgan fingerprint density at radius 1 is 1.04 bits per heavy atom. The van der Waals surface area contributed by atoms with E-state index in [1.165, 1.54) is 30.5 Å². The van der Waals surface area contributed by atoms with E-state index in [4.69, 9.17) is 9.47 Å². The Bertz CT molecular complexity index is 1060. The monoisotopic (exact) mass is 398 g/mol. The number of aryl methyl sites for hydroxylation is 1. The molecule has 2 amide bonds.